The molecule has 0 radical (unpaired) electrons. The molecule has 0 bridgehead atoms. The van der Waals surface area contributed by atoms with Crippen molar-refractivity contribution in [2.24, 2.45) is 0 Å². The van der Waals surface area contributed by atoms with E-state index in [-0.39, 0.29) is 12.2 Å². The predicted molar refractivity (Wildman–Crippen MR) is 34.2 cm³/mol. The first-order valence-electron chi connectivity index (χ1n) is 3.19. The van der Waals surface area contributed by atoms with Crippen molar-refractivity contribution in [3.63, 3.8) is 0 Å². The van der Waals surface area contributed by atoms with Gasteiger partial charge in [-0.15, -0.1) is 0 Å². The van der Waals surface area contributed by atoms with Crippen molar-refractivity contribution in [3.05, 3.63) is 23.6 Å². The van der Waals surface area contributed by atoms with E-state index in [9.17, 15) is 17.6 Å². The third-order valence-electron chi connectivity index (χ3n) is 1.46. The topological polar surface area (TPSA) is 20.2 Å². The minimum atomic E-state index is -3.50. The van der Waals surface area contributed by atoms with E-state index in [2.05, 4.69) is 0 Å². The standard InChI is InChI=1S/C7H6F4O/c8-5-2-7(10,11)1-4(3-12)6(5)9/h1-2,6,12H,3H2. The van der Waals surface area contributed by atoms with Gasteiger partial charge in [0, 0.05) is 6.08 Å². The second kappa shape index (κ2) is 2.90. The molecule has 0 aromatic rings. The second-order valence-corrected chi connectivity index (χ2v) is 2.44. The van der Waals surface area contributed by atoms with Gasteiger partial charge in [-0.1, -0.05) is 0 Å². The van der Waals surface area contributed by atoms with Crippen LogP contribution in [0, 0.1) is 0 Å². The highest BCUT2D eigenvalue weighted by molar-refractivity contribution is 5.31. The molecule has 0 saturated carbocycles. The van der Waals surface area contributed by atoms with Gasteiger partial charge in [-0.25, -0.2) is 8.78 Å². The minimum Gasteiger partial charge on any atom is -0.392 e. The van der Waals surface area contributed by atoms with Crippen molar-refractivity contribution in [1.82, 2.24) is 0 Å². The number of hydrogen-bond donors (Lipinski definition) is 1. The lowest BCUT2D eigenvalue weighted by atomic mass is 10.0. The third-order valence-corrected chi connectivity index (χ3v) is 1.46. The molecule has 1 unspecified atom stereocenters. The minimum absolute atomic E-state index is 0.100. The summed E-state index contributed by atoms with van der Waals surface area (Å²) in [5, 5.41) is 8.38. The van der Waals surface area contributed by atoms with Crippen molar-refractivity contribution >= 4 is 0 Å². The van der Waals surface area contributed by atoms with Gasteiger partial charge in [0.25, 0.3) is 5.92 Å². The number of rotatable bonds is 1. The number of aliphatic hydroxyl groups is 1. The molecule has 0 amide bonds. The van der Waals surface area contributed by atoms with Crippen LogP contribution in [-0.2, 0) is 0 Å². The fourth-order valence-electron chi connectivity index (χ4n) is 0.922. The first kappa shape index (κ1) is 9.25. The molecule has 0 aliphatic heterocycles. The highest BCUT2D eigenvalue weighted by Crippen LogP contribution is 2.31. The average molecular weight is 182 g/mol. The lowest BCUT2D eigenvalue weighted by Crippen LogP contribution is -2.22. The number of halogens is 4. The van der Waals surface area contributed by atoms with Crippen LogP contribution in [0.15, 0.2) is 23.6 Å². The van der Waals surface area contributed by atoms with Gasteiger partial charge in [0.1, 0.15) is 5.83 Å². The molecule has 0 heterocycles. The van der Waals surface area contributed by atoms with Crippen LogP contribution in [0.25, 0.3) is 0 Å². The molecule has 68 valence electrons. The van der Waals surface area contributed by atoms with Gasteiger partial charge < -0.3 is 5.11 Å². The monoisotopic (exact) mass is 182 g/mol. The largest absolute Gasteiger partial charge is 0.392 e. The molecule has 12 heavy (non-hydrogen) atoms. The van der Waals surface area contributed by atoms with Crippen molar-refractivity contribution < 1.29 is 22.7 Å². The van der Waals surface area contributed by atoms with E-state index in [1.54, 1.807) is 0 Å². The van der Waals surface area contributed by atoms with Gasteiger partial charge in [-0.05, 0) is 11.6 Å². The summed E-state index contributed by atoms with van der Waals surface area (Å²) in [4.78, 5) is 0. The molecule has 0 saturated heterocycles. The summed E-state index contributed by atoms with van der Waals surface area (Å²) in [6, 6.07) is 0. The van der Waals surface area contributed by atoms with Gasteiger partial charge in [0.2, 0.25) is 0 Å². The van der Waals surface area contributed by atoms with E-state index in [1.807, 2.05) is 0 Å². The molecular formula is C7H6F4O. The van der Waals surface area contributed by atoms with Gasteiger partial charge in [0.15, 0.2) is 6.17 Å². The Morgan fingerprint density at radius 3 is 2.50 bits per heavy atom. The van der Waals surface area contributed by atoms with Gasteiger partial charge >= 0.3 is 0 Å². The summed E-state index contributed by atoms with van der Waals surface area (Å²) in [7, 11) is 0. The molecular weight excluding hydrogens is 176 g/mol. The number of hydrogen-bond acceptors (Lipinski definition) is 1. The molecule has 5 heteroatoms. The normalized spacial score (nSPS) is 27.9. The van der Waals surface area contributed by atoms with Crippen LogP contribution in [0.5, 0.6) is 0 Å². The van der Waals surface area contributed by atoms with Crippen LogP contribution < -0.4 is 0 Å². The summed E-state index contributed by atoms with van der Waals surface area (Å²) in [6.07, 6.45) is -2.10. The molecule has 1 atom stereocenters. The Morgan fingerprint density at radius 1 is 1.42 bits per heavy atom. The molecule has 0 aromatic heterocycles. The fraction of sp³-hybridized carbons (Fsp3) is 0.429. The van der Waals surface area contributed by atoms with Crippen molar-refractivity contribution in [2.45, 2.75) is 12.1 Å². The first-order chi connectivity index (χ1) is 5.46. The molecule has 1 rings (SSSR count). The van der Waals surface area contributed by atoms with Crippen LogP contribution in [0.1, 0.15) is 0 Å². The SMILES string of the molecule is OCC1=CC(F)(F)C=C(F)C1F. The van der Waals surface area contributed by atoms with Crippen molar-refractivity contribution in [1.29, 1.82) is 0 Å². The summed E-state index contributed by atoms with van der Waals surface area (Å²) in [5.74, 6) is -5.04. The fourth-order valence-corrected chi connectivity index (χ4v) is 0.922. The van der Waals surface area contributed by atoms with Crippen LogP contribution in [0.3, 0.4) is 0 Å². The quantitative estimate of drug-likeness (QED) is 0.483. The maximum absolute atomic E-state index is 12.6. The van der Waals surface area contributed by atoms with E-state index >= 15 is 0 Å². The first-order valence-corrected chi connectivity index (χ1v) is 3.19. The van der Waals surface area contributed by atoms with Crippen LogP contribution in [-0.4, -0.2) is 23.8 Å². The van der Waals surface area contributed by atoms with E-state index in [0.29, 0.717) is 0 Å². The Balaban J connectivity index is 2.97. The zero-order valence-corrected chi connectivity index (χ0v) is 5.90. The van der Waals surface area contributed by atoms with E-state index in [1.165, 1.54) is 0 Å². The summed E-state index contributed by atoms with van der Waals surface area (Å²) in [6.45, 7) is -0.905. The van der Waals surface area contributed by atoms with Crippen molar-refractivity contribution in [3.8, 4) is 0 Å². The molecule has 0 fully saturated rings. The Bertz CT molecular complexity index is 244. The van der Waals surface area contributed by atoms with Crippen LogP contribution in [0.2, 0.25) is 0 Å². The summed E-state index contributed by atoms with van der Waals surface area (Å²) in [5.41, 5.74) is -0.639. The Kier molecular flexibility index (Phi) is 2.23. The zero-order valence-electron chi connectivity index (χ0n) is 5.90. The molecule has 1 aliphatic carbocycles. The highest BCUT2D eigenvalue weighted by Gasteiger charge is 2.34. The molecule has 1 N–H and O–H groups in total. The smallest absolute Gasteiger partial charge is 0.288 e. The van der Waals surface area contributed by atoms with Crippen molar-refractivity contribution in [2.75, 3.05) is 6.61 Å². The zero-order chi connectivity index (χ0) is 9.35. The van der Waals surface area contributed by atoms with Crippen LogP contribution >= 0.6 is 0 Å². The number of allylic oxidation sites excluding steroid dienone is 3. The Morgan fingerprint density at radius 2 is 2.00 bits per heavy atom. The number of alkyl halides is 3. The van der Waals surface area contributed by atoms with Crippen LogP contribution in [0.4, 0.5) is 17.6 Å². The lowest BCUT2D eigenvalue weighted by molar-refractivity contribution is 0.0973. The van der Waals surface area contributed by atoms with Gasteiger partial charge in [-0.3, -0.25) is 0 Å². The Hall–Kier alpha value is -0.840. The molecule has 0 spiro atoms. The summed E-state index contributed by atoms with van der Waals surface area (Å²) >= 11 is 0. The second-order valence-electron chi connectivity index (χ2n) is 2.44. The van der Waals surface area contributed by atoms with E-state index < -0.39 is 30.1 Å². The third kappa shape index (κ3) is 1.66. The lowest BCUT2D eigenvalue weighted by Gasteiger charge is -2.18. The van der Waals surface area contributed by atoms with Gasteiger partial charge in [0.05, 0.1) is 6.61 Å². The van der Waals surface area contributed by atoms with Gasteiger partial charge in [-0.2, -0.15) is 8.78 Å². The molecule has 1 nitrogen and oxygen atoms in total. The average Bonchev–Trinajstić information content (AvgIpc) is 1.96. The predicted octanol–water partition coefficient (Wildman–Crippen LogP) is 1.75. The van der Waals surface area contributed by atoms with E-state index in [0.717, 1.165) is 0 Å². The Labute approximate surface area is 66.0 Å². The van der Waals surface area contributed by atoms with E-state index in [4.69, 9.17) is 5.11 Å². The molecule has 1 aliphatic rings. The number of aliphatic hydroxyl groups excluding tert-OH is 1. The maximum Gasteiger partial charge on any atom is 0.288 e. The molecule has 0 aromatic carbocycles. The highest BCUT2D eigenvalue weighted by atomic mass is 19.3. The summed E-state index contributed by atoms with van der Waals surface area (Å²) < 4.78 is 49.7. The maximum atomic E-state index is 12.6.